The van der Waals surface area contributed by atoms with E-state index in [0.717, 1.165) is 5.56 Å². The molecule has 0 fully saturated rings. The fraction of sp³-hybridized carbons (Fsp3) is 0.400. The Hall–Kier alpha value is -1.76. The Morgan fingerprint density at radius 2 is 2.43 bits per heavy atom. The summed E-state index contributed by atoms with van der Waals surface area (Å²) in [5, 5.41) is 12.4. The lowest BCUT2D eigenvalue weighted by Crippen LogP contribution is -1.99. The van der Waals surface area contributed by atoms with E-state index in [4.69, 9.17) is 5.11 Å². The van der Waals surface area contributed by atoms with E-state index in [1.54, 1.807) is 17.1 Å². The largest absolute Gasteiger partial charge is 0.481 e. The molecule has 0 aliphatic heterocycles. The summed E-state index contributed by atoms with van der Waals surface area (Å²) in [5.41, 5.74) is 0.750. The standard InChI is InChI=1S/C10H12N2O2/c1-8(2)12-7-9(6-11-12)4-3-5-10(13)14/h6-8H,5H2,1-2H3,(H,13,14). The van der Waals surface area contributed by atoms with Crippen LogP contribution < -0.4 is 0 Å². The van der Waals surface area contributed by atoms with Gasteiger partial charge in [0.25, 0.3) is 0 Å². The molecule has 1 rings (SSSR count). The molecule has 0 aromatic carbocycles. The number of carboxylic acid groups (broad SMARTS) is 1. The van der Waals surface area contributed by atoms with Gasteiger partial charge >= 0.3 is 5.97 Å². The van der Waals surface area contributed by atoms with Crippen LogP contribution in [0.3, 0.4) is 0 Å². The third-order valence-corrected chi connectivity index (χ3v) is 1.60. The van der Waals surface area contributed by atoms with Crippen LogP contribution in [0.1, 0.15) is 31.9 Å². The van der Waals surface area contributed by atoms with Gasteiger partial charge in [0.2, 0.25) is 0 Å². The number of carboxylic acids is 1. The minimum atomic E-state index is -0.909. The number of rotatable bonds is 2. The van der Waals surface area contributed by atoms with E-state index in [1.165, 1.54) is 0 Å². The van der Waals surface area contributed by atoms with Crippen LogP contribution in [0.2, 0.25) is 0 Å². The number of nitrogens with zero attached hydrogens (tertiary/aromatic N) is 2. The van der Waals surface area contributed by atoms with Crippen molar-refractivity contribution in [2.75, 3.05) is 0 Å². The molecular formula is C10H12N2O2. The molecule has 0 aliphatic carbocycles. The van der Waals surface area contributed by atoms with Crippen LogP contribution in [0.25, 0.3) is 0 Å². The molecule has 4 heteroatoms. The average molecular weight is 192 g/mol. The molecule has 0 spiro atoms. The number of aliphatic carboxylic acids is 1. The van der Waals surface area contributed by atoms with Crippen molar-refractivity contribution >= 4 is 5.97 Å². The molecule has 0 unspecified atom stereocenters. The Morgan fingerprint density at radius 1 is 1.71 bits per heavy atom. The smallest absolute Gasteiger partial charge is 0.315 e. The normalized spacial score (nSPS) is 9.64. The van der Waals surface area contributed by atoms with E-state index in [-0.39, 0.29) is 6.42 Å². The zero-order valence-electron chi connectivity index (χ0n) is 8.19. The summed E-state index contributed by atoms with van der Waals surface area (Å²) in [6.45, 7) is 4.03. The predicted molar refractivity (Wildman–Crippen MR) is 51.7 cm³/mol. The number of aromatic nitrogens is 2. The van der Waals surface area contributed by atoms with Crippen LogP contribution in [0, 0.1) is 11.8 Å². The third-order valence-electron chi connectivity index (χ3n) is 1.60. The van der Waals surface area contributed by atoms with Gasteiger partial charge in [0.15, 0.2) is 0 Å². The van der Waals surface area contributed by atoms with Crippen LogP contribution in [0.4, 0.5) is 0 Å². The van der Waals surface area contributed by atoms with Gasteiger partial charge in [0.05, 0.1) is 11.8 Å². The van der Waals surface area contributed by atoms with Gasteiger partial charge in [0.1, 0.15) is 6.42 Å². The molecule has 1 N–H and O–H groups in total. The zero-order valence-corrected chi connectivity index (χ0v) is 8.19. The summed E-state index contributed by atoms with van der Waals surface area (Å²) < 4.78 is 1.78. The Balaban J connectivity index is 2.66. The first-order chi connectivity index (χ1) is 6.59. The first-order valence-corrected chi connectivity index (χ1v) is 4.34. The van der Waals surface area contributed by atoms with Crippen LogP contribution in [0.5, 0.6) is 0 Å². The molecule has 1 aromatic rings. The summed E-state index contributed by atoms with van der Waals surface area (Å²) in [6, 6.07) is 0.296. The summed E-state index contributed by atoms with van der Waals surface area (Å²) >= 11 is 0. The SMILES string of the molecule is CC(C)n1cc(C#CCC(=O)O)cn1. The highest BCUT2D eigenvalue weighted by Crippen LogP contribution is 2.03. The molecule has 74 valence electrons. The van der Waals surface area contributed by atoms with Crippen LogP contribution >= 0.6 is 0 Å². The fourth-order valence-corrected chi connectivity index (χ4v) is 0.907. The Labute approximate surface area is 82.5 Å². The second-order valence-electron chi connectivity index (χ2n) is 3.18. The Kier molecular flexibility index (Phi) is 3.29. The predicted octanol–water partition coefficient (Wildman–Crippen LogP) is 1.29. The summed E-state index contributed by atoms with van der Waals surface area (Å²) in [6.07, 6.45) is 3.31. The van der Waals surface area contributed by atoms with E-state index in [0.29, 0.717) is 6.04 Å². The number of carbonyl (C=O) groups is 1. The quantitative estimate of drug-likeness (QED) is 0.718. The molecular weight excluding hydrogens is 180 g/mol. The van der Waals surface area contributed by atoms with Crippen molar-refractivity contribution in [3.05, 3.63) is 18.0 Å². The van der Waals surface area contributed by atoms with E-state index in [9.17, 15) is 4.79 Å². The van der Waals surface area contributed by atoms with E-state index in [1.807, 2.05) is 13.8 Å². The lowest BCUT2D eigenvalue weighted by molar-refractivity contribution is -0.135. The molecule has 1 aromatic heterocycles. The molecule has 0 amide bonds. The van der Waals surface area contributed by atoms with Crippen molar-refractivity contribution in [1.29, 1.82) is 0 Å². The Bertz CT molecular complexity index is 382. The van der Waals surface area contributed by atoms with E-state index < -0.39 is 5.97 Å². The summed E-state index contributed by atoms with van der Waals surface area (Å²) in [5.74, 6) is 4.38. The first-order valence-electron chi connectivity index (χ1n) is 4.34. The second kappa shape index (κ2) is 4.47. The van der Waals surface area contributed by atoms with Gasteiger partial charge in [-0.25, -0.2) is 0 Å². The molecule has 14 heavy (non-hydrogen) atoms. The zero-order chi connectivity index (χ0) is 10.6. The van der Waals surface area contributed by atoms with Crippen molar-refractivity contribution < 1.29 is 9.90 Å². The lowest BCUT2D eigenvalue weighted by Gasteiger charge is -2.02. The van der Waals surface area contributed by atoms with Gasteiger partial charge in [0, 0.05) is 12.2 Å². The van der Waals surface area contributed by atoms with Gasteiger partial charge in [-0.05, 0) is 13.8 Å². The van der Waals surface area contributed by atoms with Crippen molar-refractivity contribution in [3.8, 4) is 11.8 Å². The van der Waals surface area contributed by atoms with Crippen molar-refractivity contribution in [3.63, 3.8) is 0 Å². The molecule has 0 bridgehead atoms. The van der Waals surface area contributed by atoms with Gasteiger partial charge in [-0.1, -0.05) is 11.8 Å². The molecule has 0 saturated carbocycles. The first kappa shape index (κ1) is 10.3. The summed E-state index contributed by atoms with van der Waals surface area (Å²) in [4.78, 5) is 10.2. The summed E-state index contributed by atoms with van der Waals surface area (Å²) in [7, 11) is 0. The highest BCUT2D eigenvalue weighted by molar-refractivity contribution is 5.70. The number of hydrogen-bond donors (Lipinski definition) is 1. The highest BCUT2D eigenvalue weighted by Gasteiger charge is 1.98. The van der Waals surface area contributed by atoms with Crippen molar-refractivity contribution in [2.24, 2.45) is 0 Å². The van der Waals surface area contributed by atoms with Gasteiger partial charge < -0.3 is 5.11 Å². The molecule has 1 heterocycles. The van der Waals surface area contributed by atoms with E-state index >= 15 is 0 Å². The molecule has 0 atom stereocenters. The monoisotopic (exact) mass is 192 g/mol. The fourth-order valence-electron chi connectivity index (χ4n) is 0.907. The molecule has 0 radical (unpaired) electrons. The van der Waals surface area contributed by atoms with Gasteiger partial charge in [-0.3, -0.25) is 9.48 Å². The second-order valence-corrected chi connectivity index (χ2v) is 3.18. The van der Waals surface area contributed by atoms with Gasteiger partial charge in [-0.15, -0.1) is 0 Å². The van der Waals surface area contributed by atoms with Crippen LogP contribution in [-0.2, 0) is 4.79 Å². The van der Waals surface area contributed by atoms with Crippen molar-refractivity contribution in [2.45, 2.75) is 26.3 Å². The minimum absolute atomic E-state index is 0.132. The van der Waals surface area contributed by atoms with Crippen LogP contribution in [0.15, 0.2) is 12.4 Å². The lowest BCUT2D eigenvalue weighted by atomic mass is 10.3. The molecule has 0 saturated heterocycles. The van der Waals surface area contributed by atoms with Gasteiger partial charge in [-0.2, -0.15) is 5.10 Å². The maximum atomic E-state index is 10.2. The minimum Gasteiger partial charge on any atom is -0.481 e. The van der Waals surface area contributed by atoms with E-state index in [2.05, 4.69) is 16.9 Å². The Morgan fingerprint density at radius 3 is 2.93 bits per heavy atom. The molecule has 0 aliphatic rings. The highest BCUT2D eigenvalue weighted by atomic mass is 16.4. The molecule has 4 nitrogen and oxygen atoms in total. The third kappa shape index (κ3) is 2.94. The maximum absolute atomic E-state index is 10.2. The van der Waals surface area contributed by atoms with Crippen LogP contribution in [-0.4, -0.2) is 20.9 Å². The number of hydrogen-bond acceptors (Lipinski definition) is 2. The van der Waals surface area contributed by atoms with Crippen molar-refractivity contribution in [1.82, 2.24) is 9.78 Å². The topological polar surface area (TPSA) is 55.1 Å². The maximum Gasteiger partial charge on any atom is 0.315 e. The average Bonchev–Trinajstić information content (AvgIpc) is 2.52.